The molecule has 2 aromatic rings. The summed E-state index contributed by atoms with van der Waals surface area (Å²) < 4.78 is 86.9. The number of alkyl halides is 6. The highest BCUT2D eigenvalue weighted by Crippen LogP contribution is 2.43. The minimum absolute atomic E-state index is 0.0809. The SMILES string of the molecule is CC(NCC(O)C(F)(F)F)(c1cccc(Oc2cccc(Cl)c2Cl)c1)C1CCC(OC(F)(F)F)CC1. The van der Waals surface area contributed by atoms with E-state index in [2.05, 4.69) is 10.1 Å². The molecule has 1 fully saturated rings. The molecule has 1 aliphatic carbocycles. The van der Waals surface area contributed by atoms with Crippen molar-refractivity contribution in [2.45, 2.75) is 62.9 Å². The molecular formula is C24H25Cl2F6NO3. The van der Waals surface area contributed by atoms with E-state index in [0.29, 0.717) is 11.3 Å². The second-order valence-electron chi connectivity index (χ2n) is 8.86. The fourth-order valence-corrected chi connectivity index (χ4v) is 4.76. The summed E-state index contributed by atoms with van der Waals surface area (Å²) in [7, 11) is 0. The van der Waals surface area contributed by atoms with Crippen LogP contribution in [0.2, 0.25) is 10.0 Å². The third kappa shape index (κ3) is 7.41. The zero-order chi connectivity index (χ0) is 26.7. The molecule has 0 spiro atoms. The van der Waals surface area contributed by atoms with Gasteiger partial charge in [-0.3, -0.25) is 4.74 Å². The second-order valence-corrected chi connectivity index (χ2v) is 9.64. The number of ether oxygens (including phenoxy) is 2. The number of aliphatic hydroxyl groups excluding tert-OH is 1. The van der Waals surface area contributed by atoms with Crippen LogP contribution in [0.1, 0.15) is 38.2 Å². The van der Waals surface area contributed by atoms with Gasteiger partial charge in [-0.2, -0.15) is 13.2 Å². The van der Waals surface area contributed by atoms with Crippen LogP contribution in [0, 0.1) is 5.92 Å². The van der Waals surface area contributed by atoms with Crippen LogP contribution in [0.4, 0.5) is 26.3 Å². The quantitative estimate of drug-likeness (QED) is 0.327. The number of rotatable bonds is 8. The van der Waals surface area contributed by atoms with Crippen LogP contribution < -0.4 is 10.1 Å². The number of benzene rings is 2. The summed E-state index contributed by atoms with van der Waals surface area (Å²) in [5.74, 6) is 0.249. The molecule has 0 amide bonds. The summed E-state index contributed by atoms with van der Waals surface area (Å²) in [4.78, 5) is 0. The smallest absolute Gasteiger partial charge is 0.456 e. The molecule has 2 N–H and O–H groups in total. The van der Waals surface area contributed by atoms with Crippen LogP contribution >= 0.6 is 23.2 Å². The van der Waals surface area contributed by atoms with Gasteiger partial charge in [0.15, 0.2) is 6.10 Å². The van der Waals surface area contributed by atoms with E-state index in [1.54, 1.807) is 49.4 Å². The minimum atomic E-state index is -4.83. The first-order valence-corrected chi connectivity index (χ1v) is 11.9. The summed E-state index contributed by atoms with van der Waals surface area (Å²) in [6.07, 6.45) is -12.6. The van der Waals surface area contributed by atoms with Crippen LogP contribution in [0.5, 0.6) is 11.5 Å². The molecule has 1 saturated carbocycles. The van der Waals surface area contributed by atoms with E-state index >= 15 is 0 Å². The van der Waals surface area contributed by atoms with Gasteiger partial charge < -0.3 is 15.2 Å². The summed E-state index contributed by atoms with van der Waals surface area (Å²) in [6.45, 7) is 0.862. The molecule has 0 saturated heterocycles. The lowest BCUT2D eigenvalue weighted by Crippen LogP contribution is -2.52. The molecule has 2 atom stereocenters. The molecule has 2 aromatic carbocycles. The van der Waals surface area contributed by atoms with Gasteiger partial charge in [0.25, 0.3) is 0 Å². The Morgan fingerprint density at radius 3 is 2.25 bits per heavy atom. The maximum absolute atomic E-state index is 13.0. The minimum Gasteiger partial charge on any atom is -0.456 e. The van der Waals surface area contributed by atoms with Gasteiger partial charge in [-0.25, -0.2) is 0 Å². The van der Waals surface area contributed by atoms with Crippen molar-refractivity contribution in [3.63, 3.8) is 0 Å². The maximum atomic E-state index is 13.0. The Kier molecular flexibility index (Phi) is 9.09. The third-order valence-electron chi connectivity index (χ3n) is 6.41. The highest BCUT2D eigenvalue weighted by atomic mass is 35.5. The zero-order valence-corrected chi connectivity index (χ0v) is 20.6. The van der Waals surface area contributed by atoms with E-state index in [1.165, 1.54) is 0 Å². The average molecular weight is 560 g/mol. The Bertz CT molecular complexity index is 1030. The molecule has 1 aliphatic rings. The van der Waals surface area contributed by atoms with Crippen molar-refractivity contribution in [2.75, 3.05) is 6.54 Å². The Balaban J connectivity index is 1.87. The molecule has 36 heavy (non-hydrogen) atoms. The molecule has 0 aliphatic heterocycles. The van der Waals surface area contributed by atoms with E-state index in [1.807, 2.05) is 0 Å². The van der Waals surface area contributed by atoms with Gasteiger partial charge in [-0.05, 0) is 68.4 Å². The van der Waals surface area contributed by atoms with Gasteiger partial charge in [-0.1, -0.05) is 41.4 Å². The molecule has 3 rings (SSSR count). The highest BCUT2D eigenvalue weighted by molar-refractivity contribution is 6.42. The maximum Gasteiger partial charge on any atom is 0.522 e. The van der Waals surface area contributed by atoms with E-state index in [4.69, 9.17) is 27.9 Å². The summed E-state index contributed by atoms with van der Waals surface area (Å²) in [5, 5.41) is 12.9. The van der Waals surface area contributed by atoms with Crippen LogP contribution in [-0.2, 0) is 10.3 Å². The summed E-state index contributed by atoms with van der Waals surface area (Å²) >= 11 is 12.2. The van der Waals surface area contributed by atoms with Gasteiger partial charge in [-0.15, -0.1) is 13.2 Å². The van der Waals surface area contributed by atoms with Gasteiger partial charge in [0.2, 0.25) is 0 Å². The largest absolute Gasteiger partial charge is 0.522 e. The fourth-order valence-electron chi connectivity index (χ4n) is 4.43. The Hall–Kier alpha value is -1.72. The van der Waals surface area contributed by atoms with E-state index in [0.717, 1.165) is 0 Å². The van der Waals surface area contributed by atoms with Gasteiger partial charge in [0, 0.05) is 12.1 Å². The standard InChI is InChI=1S/C24H25Cl2F6NO3/c1-22(33-13-20(34)23(27,28)29,14-8-10-16(11-9-14)36-24(30,31)32)15-4-2-5-17(12-15)35-19-7-3-6-18(25)21(19)26/h2-7,12,14,16,20,33-34H,8-11,13H2,1H3. The molecule has 200 valence electrons. The van der Waals surface area contributed by atoms with Crippen LogP contribution in [-0.4, -0.2) is 36.4 Å². The van der Waals surface area contributed by atoms with Gasteiger partial charge >= 0.3 is 12.5 Å². The summed E-state index contributed by atoms with van der Waals surface area (Å²) in [6, 6.07) is 11.4. The Morgan fingerprint density at radius 2 is 1.64 bits per heavy atom. The molecule has 0 bridgehead atoms. The normalized spacial score (nSPS) is 21.6. The van der Waals surface area contributed by atoms with Crippen molar-refractivity contribution >= 4 is 23.2 Å². The van der Waals surface area contributed by atoms with Crippen molar-refractivity contribution in [3.05, 3.63) is 58.1 Å². The van der Waals surface area contributed by atoms with Crippen LogP contribution in [0.3, 0.4) is 0 Å². The van der Waals surface area contributed by atoms with E-state index in [9.17, 15) is 31.4 Å². The Morgan fingerprint density at radius 1 is 1.00 bits per heavy atom. The average Bonchev–Trinajstić information content (AvgIpc) is 2.79. The lowest BCUT2D eigenvalue weighted by molar-refractivity contribution is -0.346. The number of halogens is 8. The lowest BCUT2D eigenvalue weighted by atomic mass is 9.71. The predicted octanol–water partition coefficient (Wildman–Crippen LogP) is 7.61. The lowest BCUT2D eigenvalue weighted by Gasteiger charge is -2.43. The molecule has 2 unspecified atom stereocenters. The number of hydrogen-bond donors (Lipinski definition) is 2. The van der Waals surface area contributed by atoms with Crippen molar-refractivity contribution in [1.82, 2.24) is 5.32 Å². The highest BCUT2D eigenvalue weighted by Gasteiger charge is 2.44. The first-order chi connectivity index (χ1) is 16.7. The fraction of sp³-hybridized carbons (Fsp3) is 0.500. The predicted molar refractivity (Wildman–Crippen MR) is 123 cm³/mol. The third-order valence-corrected chi connectivity index (χ3v) is 7.21. The van der Waals surface area contributed by atoms with Crippen molar-refractivity contribution in [3.8, 4) is 11.5 Å². The van der Waals surface area contributed by atoms with Crippen molar-refractivity contribution in [2.24, 2.45) is 5.92 Å². The van der Waals surface area contributed by atoms with Crippen molar-refractivity contribution < 1.29 is 40.9 Å². The second kappa shape index (κ2) is 11.3. The van der Waals surface area contributed by atoms with Gasteiger partial charge in [0.05, 0.1) is 11.1 Å². The van der Waals surface area contributed by atoms with E-state index in [-0.39, 0.29) is 47.4 Å². The molecule has 0 heterocycles. The number of aliphatic hydroxyl groups is 1. The van der Waals surface area contributed by atoms with Crippen LogP contribution in [0.15, 0.2) is 42.5 Å². The van der Waals surface area contributed by atoms with Crippen molar-refractivity contribution in [1.29, 1.82) is 0 Å². The number of nitrogens with one attached hydrogen (secondary N) is 1. The number of hydrogen-bond acceptors (Lipinski definition) is 4. The monoisotopic (exact) mass is 559 g/mol. The zero-order valence-electron chi connectivity index (χ0n) is 19.1. The first-order valence-electron chi connectivity index (χ1n) is 11.2. The topological polar surface area (TPSA) is 50.7 Å². The Labute approximate surface area is 214 Å². The first kappa shape index (κ1) is 28.8. The molecule has 12 heteroatoms. The van der Waals surface area contributed by atoms with Gasteiger partial charge in [0.1, 0.15) is 16.5 Å². The van der Waals surface area contributed by atoms with Crippen LogP contribution in [0.25, 0.3) is 0 Å². The molecule has 0 aromatic heterocycles. The molecule has 4 nitrogen and oxygen atoms in total. The van der Waals surface area contributed by atoms with E-state index < -0.39 is 36.8 Å². The summed E-state index contributed by atoms with van der Waals surface area (Å²) in [5.41, 5.74) is -0.597. The molecular weight excluding hydrogens is 535 g/mol. The molecule has 0 radical (unpaired) electrons.